The van der Waals surface area contributed by atoms with Gasteiger partial charge in [0.25, 0.3) is 0 Å². The average molecular weight is 391 g/mol. The topological polar surface area (TPSA) is 79.7 Å². The molecule has 3 saturated heterocycles. The lowest BCUT2D eigenvalue weighted by Gasteiger charge is -2.31. The Hall–Kier alpha value is -1.71. The normalized spacial score (nSPS) is 39.0. The fourth-order valence-electron chi connectivity index (χ4n) is 4.59. The van der Waals surface area contributed by atoms with Crippen molar-refractivity contribution in [3.05, 3.63) is 22.8 Å². The van der Waals surface area contributed by atoms with E-state index in [0.717, 1.165) is 12.3 Å². The predicted octanol–water partition coefficient (Wildman–Crippen LogP) is 2.17. The molecule has 0 aliphatic carbocycles. The summed E-state index contributed by atoms with van der Waals surface area (Å²) in [7, 11) is 0. The minimum atomic E-state index is -4.90. The number of nitrogens with zero attached hydrogens (tertiary/aromatic N) is 2. The van der Waals surface area contributed by atoms with E-state index >= 15 is 0 Å². The molecule has 2 amide bonds. The van der Waals surface area contributed by atoms with Crippen molar-refractivity contribution in [2.45, 2.75) is 43.8 Å². The third-order valence-electron chi connectivity index (χ3n) is 5.67. The molecule has 26 heavy (non-hydrogen) atoms. The second kappa shape index (κ2) is 4.96. The van der Waals surface area contributed by atoms with Crippen molar-refractivity contribution in [1.29, 1.82) is 0 Å². The summed E-state index contributed by atoms with van der Waals surface area (Å²) in [5.74, 6) is -4.59. The van der Waals surface area contributed by atoms with Crippen LogP contribution >= 0.6 is 11.6 Å². The maximum absolute atomic E-state index is 13.4. The summed E-state index contributed by atoms with van der Waals surface area (Å²) in [5, 5.41) is 9.60. The smallest absolute Gasteiger partial charge is 0.390 e. The third-order valence-corrected chi connectivity index (χ3v) is 5.99. The van der Waals surface area contributed by atoms with Crippen LogP contribution in [-0.4, -0.2) is 39.2 Å². The Morgan fingerprint density at radius 3 is 2.54 bits per heavy atom. The van der Waals surface area contributed by atoms with Crippen LogP contribution in [0.5, 0.6) is 0 Å². The first kappa shape index (κ1) is 17.7. The van der Waals surface area contributed by atoms with Gasteiger partial charge >= 0.3 is 6.18 Å². The van der Waals surface area contributed by atoms with Crippen LogP contribution in [0.25, 0.3) is 0 Å². The summed E-state index contributed by atoms with van der Waals surface area (Å²) in [6.45, 7) is 3.08. The number of imide groups is 1. The van der Waals surface area contributed by atoms with Crippen LogP contribution in [0, 0.1) is 11.8 Å². The molecule has 2 bridgehead atoms. The maximum Gasteiger partial charge on any atom is 0.421 e. The molecule has 4 heterocycles. The van der Waals surface area contributed by atoms with Gasteiger partial charge in [0.05, 0.1) is 28.6 Å². The summed E-state index contributed by atoms with van der Waals surface area (Å²) < 4.78 is 46.1. The fraction of sp³-hybridized carbons (Fsp3) is 0.562. The minimum absolute atomic E-state index is 0.118. The van der Waals surface area contributed by atoms with Crippen LogP contribution in [0.2, 0.25) is 5.02 Å². The predicted molar refractivity (Wildman–Crippen MR) is 82.2 cm³/mol. The van der Waals surface area contributed by atoms with Crippen molar-refractivity contribution in [3.8, 4) is 0 Å². The number of ether oxygens (including phenoxy) is 1. The number of aliphatic hydroxyl groups is 1. The molecule has 0 unspecified atom stereocenters. The molecule has 140 valence electrons. The Kier molecular flexibility index (Phi) is 3.38. The van der Waals surface area contributed by atoms with E-state index in [1.165, 1.54) is 6.92 Å². The first-order valence-electron chi connectivity index (χ1n) is 7.89. The van der Waals surface area contributed by atoms with E-state index in [1.807, 2.05) is 0 Å². The lowest BCUT2D eigenvalue weighted by atomic mass is 9.67. The highest BCUT2D eigenvalue weighted by Crippen LogP contribution is 2.61. The maximum atomic E-state index is 13.4. The van der Waals surface area contributed by atoms with Crippen molar-refractivity contribution < 1.29 is 32.6 Å². The summed E-state index contributed by atoms with van der Waals surface area (Å²) in [5.41, 5.74) is -3.80. The first-order valence-corrected chi connectivity index (χ1v) is 8.27. The number of fused-ring (bicyclic) bond motifs is 5. The number of hydrogen-bond donors (Lipinski definition) is 1. The highest BCUT2D eigenvalue weighted by atomic mass is 35.5. The Labute approximate surface area is 150 Å². The SMILES string of the molecule is C[C@@]12O[C@@](C)(C[C@H]1O)[C@@H]1C(=O)N(c3nccc(Cl)c3C(F)(F)F)C(=O)[C@@H]12. The fourth-order valence-corrected chi connectivity index (χ4v) is 4.84. The molecular weight excluding hydrogens is 377 g/mol. The van der Waals surface area contributed by atoms with Crippen LogP contribution in [0.1, 0.15) is 25.8 Å². The van der Waals surface area contributed by atoms with Crippen LogP contribution in [-0.2, 0) is 20.5 Å². The van der Waals surface area contributed by atoms with Gasteiger partial charge in [-0.05, 0) is 19.9 Å². The Morgan fingerprint density at radius 2 is 1.92 bits per heavy atom. The van der Waals surface area contributed by atoms with Crippen LogP contribution in [0.4, 0.5) is 19.0 Å². The molecule has 4 rings (SSSR count). The second-order valence-electron chi connectivity index (χ2n) is 7.27. The highest BCUT2D eigenvalue weighted by Gasteiger charge is 2.76. The molecule has 0 aromatic carbocycles. The monoisotopic (exact) mass is 390 g/mol. The number of carbonyl (C=O) groups excluding carboxylic acids is 2. The van der Waals surface area contributed by atoms with Crippen molar-refractivity contribution >= 4 is 29.2 Å². The average Bonchev–Trinajstić information content (AvgIpc) is 2.99. The van der Waals surface area contributed by atoms with E-state index < -0.39 is 63.5 Å². The molecule has 10 heteroatoms. The zero-order valence-electron chi connectivity index (χ0n) is 13.7. The Morgan fingerprint density at radius 1 is 1.31 bits per heavy atom. The third kappa shape index (κ3) is 1.99. The van der Waals surface area contributed by atoms with Crippen LogP contribution in [0.3, 0.4) is 0 Å². The number of rotatable bonds is 1. The molecule has 3 aliphatic rings. The van der Waals surface area contributed by atoms with Crippen molar-refractivity contribution in [3.63, 3.8) is 0 Å². The summed E-state index contributed by atoms with van der Waals surface area (Å²) in [6, 6.07) is 0.943. The minimum Gasteiger partial charge on any atom is -0.390 e. The number of halogens is 4. The number of hydrogen-bond acceptors (Lipinski definition) is 5. The number of anilines is 1. The summed E-state index contributed by atoms with van der Waals surface area (Å²) >= 11 is 5.68. The van der Waals surface area contributed by atoms with Gasteiger partial charge in [-0.3, -0.25) is 9.59 Å². The van der Waals surface area contributed by atoms with Crippen molar-refractivity contribution in [2.75, 3.05) is 4.90 Å². The van der Waals surface area contributed by atoms with Gasteiger partial charge in [0, 0.05) is 12.6 Å². The van der Waals surface area contributed by atoms with Gasteiger partial charge in [-0.15, -0.1) is 0 Å². The van der Waals surface area contributed by atoms with E-state index in [0.29, 0.717) is 4.90 Å². The Bertz CT molecular complexity index is 847. The lowest BCUT2D eigenvalue weighted by Crippen LogP contribution is -2.49. The summed E-state index contributed by atoms with van der Waals surface area (Å²) in [4.78, 5) is 29.9. The standard InChI is InChI=1S/C16H14ClF3N2O4/c1-14-5-7(23)15(2,26-14)10-9(14)12(24)22(13(10)25)11-8(16(18,19)20)6(17)3-4-21-11/h3-4,7,9-10,23H,5H2,1-2H3/t7-,9+,10-,14+,15-/m1/s1. The van der Waals surface area contributed by atoms with Crippen molar-refractivity contribution in [1.82, 2.24) is 4.98 Å². The van der Waals surface area contributed by atoms with Gasteiger partial charge in [-0.1, -0.05) is 11.6 Å². The number of amides is 2. The number of aromatic nitrogens is 1. The molecule has 5 atom stereocenters. The van der Waals surface area contributed by atoms with Crippen LogP contribution in [0.15, 0.2) is 12.3 Å². The van der Waals surface area contributed by atoms with Crippen molar-refractivity contribution in [2.24, 2.45) is 11.8 Å². The molecule has 0 saturated carbocycles. The quantitative estimate of drug-likeness (QED) is 0.743. The van der Waals surface area contributed by atoms with Gasteiger partial charge in [-0.2, -0.15) is 13.2 Å². The van der Waals surface area contributed by atoms with Gasteiger partial charge in [0.15, 0.2) is 5.82 Å². The van der Waals surface area contributed by atoms with E-state index in [9.17, 15) is 27.9 Å². The van der Waals surface area contributed by atoms with E-state index in [4.69, 9.17) is 16.3 Å². The molecular formula is C16H14ClF3N2O4. The summed E-state index contributed by atoms with van der Waals surface area (Å²) in [6.07, 6.45) is -4.78. The number of alkyl halides is 3. The largest absolute Gasteiger partial charge is 0.421 e. The van der Waals surface area contributed by atoms with E-state index in [1.54, 1.807) is 6.92 Å². The molecule has 1 aromatic rings. The zero-order chi connectivity index (χ0) is 19.2. The molecule has 0 spiro atoms. The van der Waals surface area contributed by atoms with Gasteiger partial charge in [0.2, 0.25) is 11.8 Å². The number of pyridine rings is 1. The Balaban J connectivity index is 1.87. The molecule has 3 aliphatic heterocycles. The molecule has 0 radical (unpaired) electrons. The molecule has 1 N–H and O–H groups in total. The molecule has 1 aromatic heterocycles. The van der Waals surface area contributed by atoms with E-state index in [2.05, 4.69) is 4.98 Å². The number of aliphatic hydroxyl groups excluding tert-OH is 1. The number of carbonyl (C=O) groups is 2. The van der Waals surface area contributed by atoms with E-state index in [-0.39, 0.29) is 6.42 Å². The molecule has 6 nitrogen and oxygen atoms in total. The van der Waals surface area contributed by atoms with Gasteiger partial charge < -0.3 is 9.84 Å². The lowest BCUT2D eigenvalue weighted by molar-refractivity contribution is -0.137. The van der Waals surface area contributed by atoms with Gasteiger partial charge in [0.1, 0.15) is 11.2 Å². The van der Waals surface area contributed by atoms with Crippen LogP contribution < -0.4 is 4.90 Å². The van der Waals surface area contributed by atoms with Gasteiger partial charge in [-0.25, -0.2) is 9.88 Å². The molecule has 3 fully saturated rings. The first-order chi connectivity index (χ1) is 11.9. The second-order valence-corrected chi connectivity index (χ2v) is 7.68. The highest BCUT2D eigenvalue weighted by molar-refractivity contribution is 6.32. The zero-order valence-corrected chi connectivity index (χ0v) is 14.4.